The zero-order chi connectivity index (χ0) is 19.9. The molecular formula is C15H20N6O3S2. The molecular weight excluding hydrogens is 376 g/mol. The summed E-state index contributed by atoms with van der Waals surface area (Å²) in [5.41, 5.74) is 14.0. The van der Waals surface area contributed by atoms with Gasteiger partial charge in [-0.15, -0.1) is 0 Å². The predicted molar refractivity (Wildman–Crippen MR) is 104 cm³/mol. The quantitative estimate of drug-likeness (QED) is 0.248. The summed E-state index contributed by atoms with van der Waals surface area (Å²) < 4.78 is 24.2. The maximum atomic E-state index is 12.1. The fourth-order valence-electron chi connectivity index (χ4n) is 1.86. The van der Waals surface area contributed by atoms with Gasteiger partial charge < -0.3 is 11.5 Å². The van der Waals surface area contributed by atoms with Crippen LogP contribution >= 0.6 is 12.2 Å². The van der Waals surface area contributed by atoms with Crippen molar-refractivity contribution in [3.63, 3.8) is 0 Å². The minimum absolute atomic E-state index is 0.0456. The van der Waals surface area contributed by atoms with Gasteiger partial charge in [0.1, 0.15) is 0 Å². The van der Waals surface area contributed by atoms with Crippen molar-refractivity contribution in [1.29, 1.82) is 0 Å². The number of rotatable bonds is 4. The lowest BCUT2D eigenvalue weighted by atomic mass is 10.1. The van der Waals surface area contributed by atoms with Gasteiger partial charge in [-0.1, -0.05) is 24.4 Å². The Kier molecular flexibility index (Phi) is 7.56. The van der Waals surface area contributed by atoms with E-state index in [0.717, 1.165) is 5.49 Å². The smallest absolute Gasteiger partial charge is 0.287 e. The Bertz CT molecular complexity index is 883. The number of amides is 1. The molecule has 11 heteroatoms. The highest BCUT2D eigenvalue weighted by molar-refractivity contribution is 7.92. The summed E-state index contributed by atoms with van der Waals surface area (Å²) in [6.07, 6.45) is 1.40. The van der Waals surface area contributed by atoms with E-state index < -0.39 is 21.0 Å². The van der Waals surface area contributed by atoms with E-state index in [1.165, 1.54) is 18.3 Å². The van der Waals surface area contributed by atoms with E-state index >= 15 is 0 Å². The molecule has 2 rings (SSSR count). The van der Waals surface area contributed by atoms with Crippen molar-refractivity contribution in [2.45, 2.75) is 24.0 Å². The van der Waals surface area contributed by atoms with Crippen molar-refractivity contribution < 1.29 is 13.2 Å². The van der Waals surface area contributed by atoms with Gasteiger partial charge >= 0.3 is 0 Å². The standard InChI is InChI=1S/C14H17N5O3S.CH3NS/c1-8(2)23(21,22)10-5-3-9(4-6-10)11-7-17-13(15)12(18-11)14(20)19-16;2-1-3/h3-8H,16H2,1-2H3,(H2,15,17)(H,19,20);1H,(H2,2,3). The van der Waals surface area contributed by atoms with Crippen LogP contribution in [0, 0.1) is 0 Å². The number of anilines is 1. The van der Waals surface area contributed by atoms with Crippen molar-refractivity contribution in [2.75, 3.05) is 5.73 Å². The Hall–Kier alpha value is -2.63. The van der Waals surface area contributed by atoms with Gasteiger partial charge in [-0.3, -0.25) is 10.2 Å². The highest BCUT2D eigenvalue weighted by Gasteiger charge is 2.19. The van der Waals surface area contributed by atoms with E-state index in [4.69, 9.17) is 11.6 Å². The number of nitrogens with two attached hydrogens (primary N) is 3. The van der Waals surface area contributed by atoms with Crippen LogP contribution in [0.4, 0.5) is 5.82 Å². The minimum atomic E-state index is -3.34. The molecule has 1 heterocycles. The van der Waals surface area contributed by atoms with E-state index in [1.807, 2.05) is 5.43 Å². The van der Waals surface area contributed by atoms with Gasteiger partial charge in [0.25, 0.3) is 5.91 Å². The molecule has 0 saturated heterocycles. The van der Waals surface area contributed by atoms with Gasteiger partial charge in [0.2, 0.25) is 0 Å². The molecule has 140 valence electrons. The summed E-state index contributed by atoms with van der Waals surface area (Å²) >= 11 is 4.05. The molecule has 2 aromatic rings. The first kappa shape index (κ1) is 21.4. The molecule has 0 unspecified atom stereocenters. The first-order valence-corrected chi connectivity index (χ1v) is 9.34. The molecule has 0 aliphatic carbocycles. The van der Waals surface area contributed by atoms with Crippen LogP contribution in [0.3, 0.4) is 0 Å². The maximum absolute atomic E-state index is 12.1. The third kappa shape index (κ3) is 4.94. The van der Waals surface area contributed by atoms with Crippen LogP contribution in [0.1, 0.15) is 24.3 Å². The van der Waals surface area contributed by atoms with Gasteiger partial charge in [0, 0.05) is 5.56 Å². The number of nitrogens with one attached hydrogen (secondary N) is 1. The second-order valence-corrected chi connectivity index (χ2v) is 7.99. The maximum Gasteiger partial charge on any atom is 0.287 e. The average molecular weight is 396 g/mol. The highest BCUT2D eigenvalue weighted by Crippen LogP contribution is 2.22. The summed E-state index contributed by atoms with van der Waals surface area (Å²) in [7, 11) is -3.34. The number of hydrazine groups is 1. The van der Waals surface area contributed by atoms with E-state index in [1.54, 1.807) is 26.0 Å². The molecule has 1 aromatic heterocycles. The number of carbonyl (C=O) groups is 1. The molecule has 1 aromatic carbocycles. The Labute approximate surface area is 156 Å². The Morgan fingerprint density at radius 3 is 2.27 bits per heavy atom. The fourth-order valence-corrected chi connectivity index (χ4v) is 2.92. The first-order chi connectivity index (χ1) is 12.2. The van der Waals surface area contributed by atoms with Gasteiger partial charge in [0.15, 0.2) is 21.3 Å². The van der Waals surface area contributed by atoms with Crippen molar-refractivity contribution in [3.05, 3.63) is 36.2 Å². The molecule has 0 fully saturated rings. The lowest BCUT2D eigenvalue weighted by Crippen LogP contribution is -2.31. The minimum Gasteiger partial charge on any atom is -0.396 e. The van der Waals surface area contributed by atoms with E-state index in [2.05, 4.69) is 27.9 Å². The van der Waals surface area contributed by atoms with Crippen molar-refractivity contribution in [3.8, 4) is 11.3 Å². The van der Waals surface area contributed by atoms with Crippen molar-refractivity contribution in [1.82, 2.24) is 15.4 Å². The number of hydrogen-bond donors (Lipinski definition) is 4. The molecule has 0 bridgehead atoms. The molecule has 0 aliphatic heterocycles. The monoisotopic (exact) mass is 396 g/mol. The molecule has 26 heavy (non-hydrogen) atoms. The van der Waals surface area contributed by atoms with Gasteiger partial charge in [-0.2, -0.15) is 0 Å². The lowest BCUT2D eigenvalue weighted by Gasteiger charge is -2.09. The summed E-state index contributed by atoms with van der Waals surface area (Å²) in [4.78, 5) is 19.8. The van der Waals surface area contributed by atoms with Crippen LogP contribution in [-0.4, -0.2) is 35.0 Å². The van der Waals surface area contributed by atoms with Gasteiger partial charge in [-0.05, 0) is 26.0 Å². The average Bonchev–Trinajstić information content (AvgIpc) is 2.62. The van der Waals surface area contributed by atoms with Gasteiger partial charge in [0.05, 0.1) is 27.5 Å². The topological polar surface area (TPSA) is 167 Å². The summed E-state index contributed by atoms with van der Waals surface area (Å²) in [6.45, 7) is 3.23. The molecule has 0 saturated carbocycles. The third-order valence-electron chi connectivity index (χ3n) is 3.25. The Morgan fingerprint density at radius 1 is 1.27 bits per heavy atom. The zero-order valence-corrected chi connectivity index (χ0v) is 15.8. The van der Waals surface area contributed by atoms with Crippen LogP contribution in [0.5, 0.6) is 0 Å². The van der Waals surface area contributed by atoms with Crippen LogP contribution in [-0.2, 0) is 9.84 Å². The predicted octanol–water partition coefficient (Wildman–Crippen LogP) is 0.414. The first-order valence-electron chi connectivity index (χ1n) is 7.32. The fraction of sp³-hybridized carbons (Fsp3) is 0.200. The largest absolute Gasteiger partial charge is 0.396 e. The van der Waals surface area contributed by atoms with Crippen LogP contribution in [0.25, 0.3) is 11.3 Å². The molecule has 0 aliphatic rings. The van der Waals surface area contributed by atoms with Crippen molar-refractivity contribution >= 4 is 39.3 Å². The Balaban J connectivity index is 0.00000105. The zero-order valence-electron chi connectivity index (χ0n) is 14.2. The van der Waals surface area contributed by atoms with Crippen LogP contribution in [0.2, 0.25) is 0 Å². The molecule has 7 N–H and O–H groups in total. The second kappa shape index (κ2) is 9.17. The number of nitrogen functional groups attached to an aromatic ring is 2. The molecule has 0 atom stereocenters. The highest BCUT2D eigenvalue weighted by atomic mass is 32.2. The normalized spacial score (nSPS) is 10.6. The summed E-state index contributed by atoms with van der Waals surface area (Å²) in [6, 6.07) is 6.18. The van der Waals surface area contributed by atoms with E-state index in [9.17, 15) is 13.2 Å². The van der Waals surface area contributed by atoms with Crippen LogP contribution in [0.15, 0.2) is 35.4 Å². The number of carbonyl (C=O) groups excluding carboxylic acids is 1. The number of benzene rings is 1. The second-order valence-electron chi connectivity index (χ2n) is 5.22. The van der Waals surface area contributed by atoms with E-state index in [-0.39, 0.29) is 16.4 Å². The number of hydrogen-bond acceptors (Lipinski definition) is 8. The van der Waals surface area contributed by atoms with Crippen LogP contribution < -0.4 is 22.7 Å². The molecule has 0 spiro atoms. The third-order valence-corrected chi connectivity index (χ3v) is 5.42. The van der Waals surface area contributed by atoms with Gasteiger partial charge in [-0.25, -0.2) is 24.2 Å². The van der Waals surface area contributed by atoms with E-state index in [0.29, 0.717) is 11.3 Å². The number of sulfone groups is 1. The SMILES string of the molecule is CC(C)S(=O)(=O)c1ccc(-c2cnc(N)c(C(=O)NN)n2)cc1.NC=S. The number of nitrogens with zero attached hydrogens (tertiary/aromatic N) is 2. The Morgan fingerprint density at radius 2 is 1.81 bits per heavy atom. The molecule has 1 amide bonds. The number of thiocarbonyl (C=S) groups is 1. The summed E-state index contributed by atoms with van der Waals surface area (Å²) in [5, 5.41) is -0.510. The molecule has 0 radical (unpaired) electrons. The summed E-state index contributed by atoms with van der Waals surface area (Å²) in [5.74, 6) is 4.37. The number of aromatic nitrogens is 2. The van der Waals surface area contributed by atoms with Crippen molar-refractivity contribution in [2.24, 2.45) is 11.6 Å². The molecule has 9 nitrogen and oxygen atoms in total. The lowest BCUT2D eigenvalue weighted by molar-refractivity contribution is 0.0949.